The Bertz CT molecular complexity index is 2150. The summed E-state index contributed by atoms with van der Waals surface area (Å²) < 4.78 is 87.8. The molecular formula is C54H81BrO13SSi. The van der Waals surface area contributed by atoms with Crippen molar-refractivity contribution in [1.82, 2.24) is 0 Å². The molecule has 9 rings (SSSR count). The van der Waals surface area contributed by atoms with E-state index in [1.54, 1.807) is 24.3 Å². The Morgan fingerprint density at radius 2 is 1.64 bits per heavy atom. The number of aldehydes is 1. The summed E-state index contributed by atoms with van der Waals surface area (Å²) in [5, 5.41) is 0.117. The molecule has 0 spiro atoms. The van der Waals surface area contributed by atoms with Crippen molar-refractivity contribution < 1.29 is 59.8 Å². The molecule has 1 aromatic rings. The number of fused-ring (bicyclic) bond motifs is 1. The average molecular weight is 1080 g/mol. The van der Waals surface area contributed by atoms with E-state index >= 15 is 0 Å². The molecule has 8 aliphatic rings. The van der Waals surface area contributed by atoms with Crippen LogP contribution < -0.4 is 0 Å². The van der Waals surface area contributed by atoms with Gasteiger partial charge in [0.25, 0.3) is 10.1 Å². The third kappa shape index (κ3) is 12.2. The minimum atomic E-state index is -4.06. The van der Waals surface area contributed by atoms with Gasteiger partial charge in [-0.05, 0) is 109 Å². The molecule has 392 valence electrons. The van der Waals surface area contributed by atoms with E-state index in [1.165, 1.54) is 0 Å². The first-order valence-electron chi connectivity index (χ1n) is 26.2. The predicted molar refractivity (Wildman–Crippen MR) is 271 cm³/mol. The second-order valence-corrected chi connectivity index (χ2v) is 31.1. The van der Waals surface area contributed by atoms with Crippen LogP contribution in [0.1, 0.15) is 131 Å². The van der Waals surface area contributed by atoms with Gasteiger partial charge < -0.3 is 42.4 Å². The van der Waals surface area contributed by atoms with Gasteiger partial charge in [-0.3, -0.25) is 8.98 Å². The molecule has 70 heavy (non-hydrogen) atoms. The number of benzene rings is 1. The molecule has 0 N–H and O–H groups in total. The zero-order valence-electron chi connectivity index (χ0n) is 43.1. The Kier molecular flexibility index (Phi) is 17.1. The first-order valence-corrected chi connectivity index (χ1v) is 31.3. The van der Waals surface area contributed by atoms with E-state index in [4.69, 9.17) is 41.8 Å². The SMILES string of the molecule is C=C(Br)CC(CCC12CC3OC4C(OC5CCC(CC(=O)CC6C(CC7OC(CCC=O)CC(C)C7=C)OC(CC(C)CO[Si](C)(C)C(C)(C)C)C6C)OC5C4O1)C3O2)OS(=O)(=O)c1ccc(C)cc1. The zero-order valence-corrected chi connectivity index (χ0v) is 46.5. The lowest BCUT2D eigenvalue weighted by Gasteiger charge is -2.47. The minimum absolute atomic E-state index is 0.0201. The fraction of sp³-hybridized carbons (Fsp3) is 0.778. The van der Waals surface area contributed by atoms with Crippen LogP contribution in [0.4, 0.5) is 0 Å². The molecule has 0 saturated carbocycles. The number of hydrogen-bond acceptors (Lipinski definition) is 13. The molecule has 0 amide bonds. The summed E-state index contributed by atoms with van der Waals surface area (Å²) >= 11 is 3.43. The van der Waals surface area contributed by atoms with Gasteiger partial charge in [0.05, 0.1) is 53.7 Å². The molecule has 0 aromatic heterocycles. The van der Waals surface area contributed by atoms with Gasteiger partial charge in [-0.15, -0.1) is 0 Å². The third-order valence-corrected chi connectivity index (χ3v) is 23.3. The number of Topliss-reactive ketones (excluding diaryl/α,β-unsaturated/α-hetero) is 1. The molecule has 13 nitrogen and oxygen atoms in total. The highest BCUT2D eigenvalue weighted by Crippen LogP contribution is 2.54. The Morgan fingerprint density at radius 1 is 0.943 bits per heavy atom. The Morgan fingerprint density at radius 3 is 2.34 bits per heavy atom. The molecule has 16 heteroatoms. The van der Waals surface area contributed by atoms with Crippen molar-refractivity contribution in [1.29, 1.82) is 0 Å². The molecule has 18 unspecified atom stereocenters. The number of ketones is 1. The van der Waals surface area contributed by atoms with Crippen LogP contribution in [0.25, 0.3) is 0 Å². The van der Waals surface area contributed by atoms with E-state index in [-0.39, 0.29) is 107 Å². The molecule has 0 aliphatic carbocycles. The van der Waals surface area contributed by atoms with Crippen LogP contribution in [0, 0.1) is 30.6 Å². The fourth-order valence-corrected chi connectivity index (χ4v) is 14.6. The van der Waals surface area contributed by atoms with Gasteiger partial charge >= 0.3 is 0 Å². The lowest BCUT2D eigenvalue weighted by molar-refractivity contribution is -0.292. The van der Waals surface area contributed by atoms with E-state index in [9.17, 15) is 18.0 Å². The van der Waals surface area contributed by atoms with Crippen LogP contribution in [0.15, 0.2) is 52.4 Å². The van der Waals surface area contributed by atoms with Crippen LogP contribution in [0.5, 0.6) is 0 Å². The molecule has 18 atom stereocenters. The van der Waals surface area contributed by atoms with Crippen LogP contribution in [0.2, 0.25) is 18.1 Å². The van der Waals surface area contributed by atoms with Crippen molar-refractivity contribution in [3.63, 3.8) is 0 Å². The van der Waals surface area contributed by atoms with Gasteiger partial charge in [0.15, 0.2) is 14.1 Å². The largest absolute Gasteiger partial charge is 0.417 e. The molecule has 0 radical (unpaired) electrons. The summed E-state index contributed by atoms with van der Waals surface area (Å²) in [5.41, 5.74) is 2.00. The third-order valence-electron chi connectivity index (χ3n) is 17.1. The molecule has 8 saturated heterocycles. The highest BCUT2D eigenvalue weighted by molar-refractivity contribution is 9.11. The Labute approximate surface area is 427 Å². The number of halogens is 1. The van der Waals surface area contributed by atoms with Gasteiger partial charge in [0, 0.05) is 51.6 Å². The van der Waals surface area contributed by atoms with E-state index in [0.29, 0.717) is 68.9 Å². The summed E-state index contributed by atoms with van der Waals surface area (Å²) in [5.74, 6) is -0.291. The second-order valence-electron chi connectivity index (χ2n) is 23.6. The molecule has 8 heterocycles. The summed E-state index contributed by atoms with van der Waals surface area (Å²) in [6.45, 7) is 29.1. The van der Waals surface area contributed by atoms with Crippen LogP contribution >= 0.6 is 15.9 Å². The van der Waals surface area contributed by atoms with E-state index in [2.05, 4.69) is 83.7 Å². The summed E-state index contributed by atoms with van der Waals surface area (Å²) in [6.07, 6.45) is 3.80. The number of hydrogen-bond donors (Lipinski definition) is 0. The number of ether oxygens (including phenoxy) is 7. The van der Waals surface area contributed by atoms with Gasteiger partial charge in [-0.1, -0.05) is 88.3 Å². The number of aryl methyl sites for hydroxylation is 1. The average Bonchev–Trinajstić information content (AvgIpc) is 3.82. The molecule has 8 aliphatic heterocycles. The van der Waals surface area contributed by atoms with Gasteiger partial charge in [-0.25, -0.2) is 0 Å². The summed E-state index contributed by atoms with van der Waals surface area (Å²) in [7, 11) is -5.99. The maximum atomic E-state index is 14.5. The van der Waals surface area contributed by atoms with Crippen molar-refractivity contribution >= 4 is 46.4 Å². The number of carbonyl (C=O) groups is 2. The molecule has 8 fully saturated rings. The molecular weight excluding hydrogens is 997 g/mol. The second kappa shape index (κ2) is 21.9. The standard InChI is InChI=1S/C54H81BrO13SSi/c1-31-14-17-41(18-15-31)69(58,59)68-40(25-34(4)55)20-21-54-29-47-49(66-54)50-51(65-47)52(67-54)48-43(64-50)19-16-39(62-48)26-37(57)27-42-36(6)44(23-32(2)30-60-70(10,11)53(7,8)9)63-46(42)28-45-35(5)33(3)24-38(61-45)13-12-22-56/h14-15,17-18,22,32-33,36,38-40,42-52H,4-5,12-13,16,19-21,23-30H2,1-3,6-11H3. The van der Waals surface area contributed by atoms with E-state index in [0.717, 1.165) is 30.3 Å². The van der Waals surface area contributed by atoms with Crippen LogP contribution in [-0.2, 0) is 61.5 Å². The topological polar surface area (TPSA) is 151 Å². The van der Waals surface area contributed by atoms with Crippen LogP contribution in [0.3, 0.4) is 0 Å². The quantitative estimate of drug-likeness (QED) is 0.0469. The van der Waals surface area contributed by atoms with Crippen LogP contribution in [-0.4, -0.2) is 121 Å². The number of rotatable bonds is 22. The lowest BCUT2D eigenvalue weighted by Crippen LogP contribution is -2.61. The lowest BCUT2D eigenvalue weighted by atomic mass is 9.78. The predicted octanol–water partition coefficient (Wildman–Crippen LogP) is 10.3. The Hall–Kier alpha value is -1.67. The summed E-state index contributed by atoms with van der Waals surface area (Å²) in [6, 6.07) is 6.61. The highest BCUT2D eigenvalue weighted by atomic mass is 79.9. The fourth-order valence-electron chi connectivity index (χ4n) is 12.0. The monoisotopic (exact) mass is 1080 g/mol. The molecule has 6 bridgehead atoms. The first-order chi connectivity index (χ1) is 32.9. The van der Waals surface area contributed by atoms with Crippen molar-refractivity contribution in [2.24, 2.45) is 23.7 Å². The van der Waals surface area contributed by atoms with Gasteiger partial charge in [0.2, 0.25) is 0 Å². The van der Waals surface area contributed by atoms with Crippen molar-refractivity contribution in [3.8, 4) is 0 Å². The highest BCUT2D eigenvalue weighted by Gasteiger charge is 2.68. The minimum Gasteiger partial charge on any atom is -0.417 e. The summed E-state index contributed by atoms with van der Waals surface area (Å²) in [4.78, 5) is 25.9. The maximum Gasteiger partial charge on any atom is 0.297 e. The first kappa shape index (κ1) is 54.6. The van der Waals surface area contributed by atoms with Gasteiger partial charge in [0.1, 0.15) is 42.6 Å². The van der Waals surface area contributed by atoms with Gasteiger partial charge in [-0.2, -0.15) is 8.42 Å². The molecule has 1 aromatic carbocycles. The van der Waals surface area contributed by atoms with E-state index in [1.807, 2.05) is 6.92 Å². The van der Waals surface area contributed by atoms with Crippen molar-refractivity contribution in [3.05, 3.63) is 53.0 Å². The smallest absolute Gasteiger partial charge is 0.297 e. The Balaban J connectivity index is 0.930. The maximum absolute atomic E-state index is 14.5. The zero-order chi connectivity index (χ0) is 50.5. The van der Waals surface area contributed by atoms with Crippen molar-refractivity contribution in [2.75, 3.05) is 6.61 Å². The van der Waals surface area contributed by atoms with Crippen molar-refractivity contribution in [2.45, 2.75) is 240 Å². The normalized spacial score (nSPS) is 38.0. The number of carbonyl (C=O) groups excluding carboxylic acids is 2. The van der Waals surface area contributed by atoms with E-state index < -0.39 is 48.6 Å².